The van der Waals surface area contributed by atoms with Gasteiger partial charge in [0.25, 0.3) is 0 Å². The average molecular weight is 342 g/mol. The Labute approximate surface area is 143 Å². The van der Waals surface area contributed by atoms with Crippen LogP contribution in [0.4, 0.5) is 0 Å². The maximum atomic E-state index is 12.6. The number of carbonyl (C=O) groups excluding carboxylic acids is 2. The van der Waals surface area contributed by atoms with Crippen molar-refractivity contribution in [3.05, 3.63) is 0 Å². The van der Waals surface area contributed by atoms with Crippen molar-refractivity contribution in [3.8, 4) is 0 Å². The number of hydrogen-bond donors (Lipinski definition) is 2. The van der Waals surface area contributed by atoms with Crippen molar-refractivity contribution < 1.29 is 24.5 Å². The van der Waals surface area contributed by atoms with Crippen molar-refractivity contribution in [1.82, 2.24) is 9.80 Å². The second-order valence-electron chi connectivity index (χ2n) is 6.70. The van der Waals surface area contributed by atoms with Crippen LogP contribution >= 0.6 is 0 Å². The van der Waals surface area contributed by atoms with Crippen molar-refractivity contribution in [1.29, 1.82) is 0 Å². The molecule has 0 saturated carbocycles. The fourth-order valence-corrected chi connectivity index (χ4v) is 3.57. The van der Waals surface area contributed by atoms with Crippen molar-refractivity contribution in [2.75, 3.05) is 46.0 Å². The highest BCUT2D eigenvalue weighted by Crippen LogP contribution is 2.25. The zero-order chi connectivity index (χ0) is 17.5. The summed E-state index contributed by atoms with van der Waals surface area (Å²) >= 11 is 0. The number of hydrogen-bond acceptors (Lipinski definition) is 5. The number of rotatable bonds is 6. The standard InChI is InChI=1S/C17H30N2O5/c1-2-24-12-16(22)18-7-5-14(6-8-18)17(23)19-9-3-13(4-10-19)15(21)11-20/h13-15,20-21H,2-12H2,1H3. The summed E-state index contributed by atoms with van der Waals surface area (Å²) in [6, 6.07) is 0. The van der Waals surface area contributed by atoms with Gasteiger partial charge >= 0.3 is 0 Å². The molecule has 0 aromatic carbocycles. The molecule has 2 amide bonds. The molecule has 2 heterocycles. The van der Waals surface area contributed by atoms with Crippen molar-refractivity contribution in [3.63, 3.8) is 0 Å². The highest BCUT2D eigenvalue weighted by atomic mass is 16.5. The molecule has 2 aliphatic rings. The first-order chi connectivity index (χ1) is 11.6. The van der Waals surface area contributed by atoms with Crippen LogP contribution in [0, 0.1) is 11.8 Å². The molecule has 138 valence electrons. The van der Waals surface area contributed by atoms with Crippen LogP contribution in [-0.2, 0) is 14.3 Å². The number of aliphatic hydroxyl groups is 2. The van der Waals surface area contributed by atoms with Crippen molar-refractivity contribution in [2.24, 2.45) is 11.8 Å². The lowest BCUT2D eigenvalue weighted by molar-refractivity contribution is -0.144. The van der Waals surface area contributed by atoms with Gasteiger partial charge in [0, 0.05) is 38.7 Å². The molecule has 24 heavy (non-hydrogen) atoms. The Kier molecular flexibility index (Phi) is 7.45. The van der Waals surface area contributed by atoms with Gasteiger partial charge in [-0.05, 0) is 38.5 Å². The highest BCUT2D eigenvalue weighted by Gasteiger charge is 2.33. The first-order valence-electron chi connectivity index (χ1n) is 9.00. The summed E-state index contributed by atoms with van der Waals surface area (Å²) < 4.78 is 5.15. The molecule has 0 radical (unpaired) electrons. The third-order valence-corrected chi connectivity index (χ3v) is 5.21. The minimum Gasteiger partial charge on any atom is -0.394 e. The molecule has 0 aromatic rings. The maximum Gasteiger partial charge on any atom is 0.248 e. The van der Waals surface area contributed by atoms with Gasteiger partial charge in [-0.25, -0.2) is 0 Å². The molecular formula is C17H30N2O5. The Morgan fingerprint density at radius 3 is 2.21 bits per heavy atom. The summed E-state index contributed by atoms with van der Waals surface area (Å²) in [5, 5.41) is 18.7. The number of carbonyl (C=O) groups is 2. The number of likely N-dealkylation sites (tertiary alicyclic amines) is 2. The summed E-state index contributed by atoms with van der Waals surface area (Å²) in [7, 11) is 0. The molecule has 2 rings (SSSR count). The average Bonchev–Trinajstić information content (AvgIpc) is 2.65. The number of ether oxygens (including phenoxy) is 1. The Bertz CT molecular complexity index is 415. The number of nitrogens with zero attached hydrogens (tertiary/aromatic N) is 2. The predicted octanol–water partition coefficient (Wildman–Crippen LogP) is -0.147. The lowest BCUT2D eigenvalue weighted by Gasteiger charge is -2.38. The van der Waals surface area contributed by atoms with E-state index in [4.69, 9.17) is 9.84 Å². The van der Waals surface area contributed by atoms with E-state index in [0.29, 0.717) is 45.6 Å². The molecule has 7 nitrogen and oxygen atoms in total. The lowest BCUT2D eigenvalue weighted by atomic mass is 9.89. The molecular weight excluding hydrogens is 312 g/mol. The van der Waals surface area contributed by atoms with Gasteiger partial charge in [0.1, 0.15) is 6.61 Å². The highest BCUT2D eigenvalue weighted by molar-refractivity contribution is 5.80. The minimum atomic E-state index is -0.679. The third-order valence-electron chi connectivity index (χ3n) is 5.21. The second-order valence-corrected chi connectivity index (χ2v) is 6.70. The molecule has 0 aliphatic carbocycles. The zero-order valence-electron chi connectivity index (χ0n) is 14.5. The van der Waals surface area contributed by atoms with Gasteiger partial charge in [-0.1, -0.05) is 0 Å². The molecule has 0 bridgehead atoms. The van der Waals surface area contributed by atoms with Gasteiger partial charge in [0.15, 0.2) is 0 Å². The van der Waals surface area contributed by atoms with Crippen LogP contribution < -0.4 is 0 Å². The topological polar surface area (TPSA) is 90.3 Å². The van der Waals surface area contributed by atoms with Crippen LogP contribution in [0.5, 0.6) is 0 Å². The van der Waals surface area contributed by atoms with Crippen molar-refractivity contribution in [2.45, 2.75) is 38.7 Å². The van der Waals surface area contributed by atoms with E-state index in [2.05, 4.69) is 0 Å². The monoisotopic (exact) mass is 342 g/mol. The fraction of sp³-hybridized carbons (Fsp3) is 0.882. The summed E-state index contributed by atoms with van der Waals surface area (Å²) in [5.41, 5.74) is 0. The molecule has 1 unspecified atom stereocenters. The van der Waals surface area contributed by atoms with E-state index >= 15 is 0 Å². The normalized spacial score (nSPS) is 21.8. The van der Waals surface area contributed by atoms with E-state index in [1.807, 2.05) is 11.8 Å². The summed E-state index contributed by atoms with van der Waals surface area (Å²) in [4.78, 5) is 28.2. The summed E-state index contributed by atoms with van der Waals surface area (Å²) in [6.45, 7) is 4.81. The molecule has 1 atom stereocenters. The SMILES string of the molecule is CCOCC(=O)N1CCC(C(=O)N2CCC(C(O)CO)CC2)CC1. The van der Waals surface area contributed by atoms with Gasteiger partial charge in [-0.3, -0.25) is 9.59 Å². The van der Waals surface area contributed by atoms with Crippen LogP contribution in [0.1, 0.15) is 32.6 Å². The van der Waals surface area contributed by atoms with Crippen LogP contribution in [0.3, 0.4) is 0 Å². The van der Waals surface area contributed by atoms with Crippen LogP contribution in [0.2, 0.25) is 0 Å². The second kappa shape index (κ2) is 9.34. The smallest absolute Gasteiger partial charge is 0.248 e. The van der Waals surface area contributed by atoms with E-state index in [1.54, 1.807) is 4.90 Å². The minimum absolute atomic E-state index is 0.00144. The molecule has 2 saturated heterocycles. The van der Waals surface area contributed by atoms with Crippen LogP contribution in [0.15, 0.2) is 0 Å². The number of amides is 2. The zero-order valence-corrected chi connectivity index (χ0v) is 14.5. The van der Waals surface area contributed by atoms with Crippen LogP contribution in [-0.4, -0.2) is 83.9 Å². The van der Waals surface area contributed by atoms with Gasteiger partial charge in [0.2, 0.25) is 11.8 Å². The van der Waals surface area contributed by atoms with Crippen molar-refractivity contribution >= 4 is 11.8 Å². The van der Waals surface area contributed by atoms with E-state index in [1.165, 1.54) is 0 Å². The quantitative estimate of drug-likeness (QED) is 0.701. The third kappa shape index (κ3) is 4.91. The predicted molar refractivity (Wildman–Crippen MR) is 88.2 cm³/mol. The molecule has 2 fully saturated rings. The lowest BCUT2D eigenvalue weighted by Crippen LogP contribution is -2.48. The Morgan fingerprint density at radius 1 is 1.08 bits per heavy atom. The summed E-state index contributed by atoms with van der Waals surface area (Å²) in [6.07, 6.45) is 2.20. The largest absolute Gasteiger partial charge is 0.394 e. The van der Waals surface area contributed by atoms with E-state index < -0.39 is 6.10 Å². The van der Waals surface area contributed by atoms with Gasteiger partial charge in [-0.2, -0.15) is 0 Å². The van der Waals surface area contributed by atoms with E-state index in [-0.39, 0.29) is 36.9 Å². The molecule has 0 spiro atoms. The first kappa shape index (κ1) is 19.1. The Hall–Kier alpha value is -1.18. The first-order valence-corrected chi connectivity index (χ1v) is 9.00. The molecule has 2 N–H and O–H groups in total. The fourth-order valence-electron chi connectivity index (χ4n) is 3.57. The van der Waals surface area contributed by atoms with Gasteiger partial charge < -0.3 is 24.7 Å². The summed E-state index contributed by atoms with van der Waals surface area (Å²) in [5.74, 6) is 0.239. The number of aliphatic hydroxyl groups excluding tert-OH is 2. The van der Waals surface area contributed by atoms with Gasteiger partial charge in [-0.15, -0.1) is 0 Å². The van der Waals surface area contributed by atoms with Crippen LogP contribution in [0.25, 0.3) is 0 Å². The molecule has 2 aliphatic heterocycles. The number of piperidine rings is 2. The van der Waals surface area contributed by atoms with Gasteiger partial charge in [0.05, 0.1) is 12.7 Å². The Balaban J connectivity index is 1.74. The van der Waals surface area contributed by atoms with E-state index in [9.17, 15) is 14.7 Å². The maximum absolute atomic E-state index is 12.6. The Morgan fingerprint density at radius 2 is 1.67 bits per heavy atom. The van der Waals surface area contributed by atoms with E-state index in [0.717, 1.165) is 12.8 Å². The molecule has 0 aromatic heterocycles. The molecule has 7 heteroatoms.